The molecule has 1 radical (unpaired) electrons. The molecule has 1 fully saturated rings. The normalized spacial score (nSPS) is 16.5. The molecular weight excluding hydrogens is 293 g/mol. The van der Waals surface area contributed by atoms with Crippen molar-refractivity contribution in [1.29, 1.82) is 0 Å². The van der Waals surface area contributed by atoms with E-state index in [4.69, 9.17) is 0 Å². The quantitative estimate of drug-likeness (QED) is 0.437. The molecule has 4 nitrogen and oxygen atoms in total. The second kappa shape index (κ2) is 2.86. The second-order valence-corrected chi connectivity index (χ2v) is 1.23. The van der Waals surface area contributed by atoms with Gasteiger partial charge in [0.15, 0.2) is 0 Å². The molecule has 8 heavy (non-hydrogen) atoms. The Hall–Kier alpha value is -0.320. The molecule has 1 aliphatic rings. The van der Waals surface area contributed by atoms with E-state index in [1.807, 2.05) is 5.32 Å². The van der Waals surface area contributed by atoms with E-state index in [1.165, 1.54) is 0 Å². The van der Waals surface area contributed by atoms with Crippen LogP contribution < -0.4 is 10.6 Å². The van der Waals surface area contributed by atoms with E-state index in [-0.39, 0.29) is 34.8 Å². The molecule has 0 saturated carbocycles. The van der Waals surface area contributed by atoms with Crippen molar-refractivity contribution >= 4 is 11.9 Å². The number of rotatable bonds is 0. The van der Waals surface area contributed by atoms with E-state index in [9.17, 15) is 9.59 Å². The van der Waals surface area contributed by atoms with Crippen LogP contribution >= 0.6 is 0 Å². The van der Waals surface area contributed by atoms with Gasteiger partial charge in [0.2, 0.25) is 5.91 Å². The molecule has 3 amide bonds. The van der Waals surface area contributed by atoms with Crippen LogP contribution in [0, 0.1) is 0 Å². The van der Waals surface area contributed by atoms with Gasteiger partial charge in [-0.15, -0.1) is 0 Å². The van der Waals surface area contributed by atoms with E-state index >= 15 is 0 Å². The fourth-order valence-electron chi connectivity index (χ4n) is 0.376. The third kappa shape index (κ3) is 1.65. The summed E-state index contributed by atoms with van der Waals surface area (Å²) in [5.74, 6) is -0.259. The summed E-state index contributed by atoms with van der Waals surface area (Å²) < 4.78 is 0. The number of nitrogens with one attached hydrogen (secondary N) is 2. The fraction of sp³-hybridized carbons (Fsp3) is 0.333. The Morgan fingerprint density at radius 1 is 1.38 bits per heavy atom. The molecule has 0 aromatic carbocycles. The van der Waals surface area contributed by atoms with Crippen LogP contribution in [-0.2, 0) is 27.2 Å². The van der Waals surface area contributed by atoms with Crippen LogP contribution in [0.5, 0.6) is 0 Å². The molecule has 0 unspecified atom stereocenters. The first-order valence-electron chi connectivity index (χ1n) is 1.87. The van der Waals surface area contributed by atoms with Crippen LogP contribution in [-0.4, -0.2) is 18.5 Å². The molecule has 1 rings (SSSR count). The van der Waals surface area contributed by atoms with Crippen LogP contribution in [0.2, 0.25) is 0 Å². The van der Waals surface area contributed by atoms with Gasteiger partial charge >= 0.3 is 6.03 Å². The second-order valence-electron chi connectivity index (χ2n) is 1.23. The van der Waals surface area contributed by atoms with Gasteiger partial charge in [0, 0.05) is 22.4 Å². The summed E-state index contributed by atoms with van der Waals surface area (Å²) in [7, 11) is 0. The Morgan fingerprint density at radius 2 is 2.00 bits per heavy atom. The molecule has 0 aromatic heterocycles. The van der Waals surface area contributed by atoms with Crippen LogP contribution in [0.4, 0.5) is 4.79 Å². The van der Waals surface area contributed by atoms with Crippen LogP contribution in [0.3, 0.4) is 0 Å². The molecule has 0 aromatic rings. The molecule has 0 bridgehead atoms. The standard InChI is InChI=1S/C3H4N2O2.Au/c6-2-1-4-3(7)5-2;/h1H2,(H2,4,5,6,7);. The van der Waals surface area contributed by atoms with Gasteiger partial charge in [0.1, 0.15) is 0 Å². The maximum Gasteiger partial charge on any atom is 0.321 e. The Bertz CT molecular complexity index is 110. The van der Waals surface area contributed by atoms with E-state index in [1.54, 1.807) is 0 Å². The Balaban J connectivity index is 0.000000490. The van der Waals surface area contributed by atoms with E-state index in [0.717, 1.165) is 0 Å². The van der Waals surface area contributed by atoms with Gasteiger partial charge in [-0.2, -0.15) is 0 Å². The summed E-state index contributed by atoms with van der Waals surface area (Å²) in [4.78, 5) is 20.1. The maximum absolute atomic E-state index is 10.1. The molecule has 0 atom stereocenters. The zero-order valence-electron chi connectivity index (χ0n) is 3.83. The summed E-state index contributed by atoms with van der Waals surface area (Å²) in [5, 5.41) is 4.30. The first-order valence-corrected chi connectivity index (χ1v) is 1.87. The van der Waals surface area contributed by atoms with Gasteiger partial charge < -0.3 is 5.32 Å². The van der Waals surface area contributed by atoms with E-state index < -0.39 is 6.03 Å². The van der Waals surface area contributed by atoms with Crippen LogP contribution in [0.15, 0.2) is 0 Å². The van der Waals surface area contributed by atoms with Gasteiger partial charge in [-0.25, -0.2) is 4.79 Å². The monoisotopic (exact) mass is 297 g/mol. The molecule has 0 aliphatic carbocycles. The maximum atomic E-state index is 10.1. The Morgan fingerprint density at radius 3 is 2.12 bits per heavy atom. The Kier molecular flexibility index (Phi) is 2.75. The smallest absolute Gasteiger partial charge is 0.321 e. The van der Waals surface area contributed by atoms with Gasteiger partial charge in [0.05, 0.1) is 6.54 Å². The average Bonchev–Trinajstić information content (AvgIpc) is 1.87. The van der Waals surface area contributed by atoms with Gasteiger partial charge in [-0.1, -0.05) is 0 Å². The van der Waals surface area contributed by atoms with Crippen LogP contribution in [0.1, 0.15) is 0 Å². The van der Waals surface area contributed by atoms with Crippen molar-refractivity contribution in [3.05, 3.63) is 0 Å². The topological polar surface area (TPSA) is 58.2 Å². The molecule has 1 aliphatic heterocycles. The Labute approximate surface area is 61.5 Å². The minimum Gasteiger partial charge on any atom is -0.329 e. The van der Waals surface area contributed by atoms with Crippen molar-refractivity contribution in [3.8, 4) is 0 Å². The summed E-state index contributed by atoms with van der Waals surface area (Å²) >= 11 is 0. The molecular formula is C3H4AuN2O2. The van der Waals surface area contributed by atoms with E-state index in [0.29, 0.717) is 0 Å². The number of carbonyl (C=O) groups is 2. The van der Waals surface area contributed by atoms with Crippen molar-refractivity contribution in [1.82, 2.24) is 10.6 Å². The molecule has 1 saturated heterocycles. The van der Waals surface area contributed by atoms with Gasteiger partial charge in [-0.3, -0.25) is 10.1 Å². The molecule has 2 N–H and O–H groups in total. The first-order chi connectivity index (χ1) is 3.29. The fourth-order valence-corrected chi connectivity index (χ4v) is 0.376. The number of imide groups is 1. The SMILES string of the molecule is O=C1CNC(=O)N1.[Au]. The number of amides is 3. The molecule has 49 valence electrons. The number of hydrogen-bond donors (Lipinski definition) is 2. The van der Waals surface area contributed by atoms with Crippen molar-refractivity contribution < 1.29 is 32.0 Å². The zero-order valence-corrected chi connectivity index (χ0v) is 5.99. The first kappa shape index (κ1) is 7.68. The minimum atomic E-state index is -0.398. The summed E-state index contributed by atoms with van der Waals surface area (Å²) in [6, 6.07) is -0.398. The van der Waals surface area contributed by atoms with Crippen molar-refractivity contribution in [2.45, 2.75) is 0 Å². The van der Waals surface area contributed by atoms with Crippen molar-refractivity contribution in [2.24, 2.45) is 0 Å². The minimum absolute atomic E-state index is 0. The van der Waals surface area contributed by atoms with Crippen molar-refractivity contribution in [3.63, 3.8) is 0 Å². The number of carbonyl (C=O) groups excluding carboxylic acids is 2. The van der Waals surface area contributed by atoms with Crippen molar-refractivity contribution in [2.75, 3.05) is 6.54 Å². The number of urea groups is 1. The predicted octanol–water partition coefficient (Wildman–Crippen LogP) is -1.18. The van der Waals surface area contributed by atoms with Gasteiger partial charge in [-0.05, 0) is 0 Å². The molecule has 5 heteroatoms. The molecule has 0 spiro atoms. The summed E-state index contributed by atoms with van der Waals surface area (Å²) in [6.45, 7) is 0.124. The number of hydrogen-bond acceptors (Lipinski definition) is 2. The average molecular weight is 297 g/mol. The summed E-state index contributed by atoms with van der Waals surface area (Å²) in [5.41, 5.74) is 0. The molecule has 1 heterocycles. The third-order valence-corrected chi connectivity index (χ3v) is 0.662. The van der Waals surface area contributed by atoms with Gasteiger partial charge in [0.25, 0.3) is 0 Å². The van der Waals surface area contributed by atoms with Crippen LogP contribution in [0.25, 0.3) is 0 Å². The predicted molar refractivity (Wildman–Crippen MR) is 21.5 cm³/mol. The summed E-state index contributed by atoms with van der Waals surface area (Å²) in [6.07, 6.45) is 0. The zero-order chi connectivity index (χ0) is 5.28. The van der Waals surface area contributed by atoms with E-state index in [2.05, 4.69) is 5.32 Å². The largest absolute Gasteiger partial charge is 0.329 e. The third-order valence-electron chi connectivity index (χ3n) is 0.662.